The van der Waals surface area contributed by atoms with Gasteiger partial charge in [0.1, 0.15) is 35.7 Å². The average Bonchev–Trinajstić information content (AvgIpc) is 3.95. The molecule has 12 nitrogen and oxygen atoms in total. The smallest absolute Gasteiger partial charge is 0.337 e. The lowest BCUT2D eigenvalue weighted by atomic mass is 9.78. The summed E-state index contributed by atoms with van der Waals surface area (Å²) in [5.41, 5.74) is 5.56. The van der Waals surface area contributed by atoms with Crippen molar-refractivity contribution < 1.29 is 26.8 Å². The summed E-state index contributed by atoms with van der Waals surface area (Å²) in [6.07, 6.45) is 0.461. The molecule has 2 fully saturated rings. The molecule has 276 valence electrons. The molecule has 0 radical (unpaired) electrons. The molecule has 3 aliphatic rings. The fourth-order valence-corrected chi connectivity index (χ4v) is 9.16. The molecule has 0 amide bonds. The summed E-state index contributed by atoms with van der Waals surface area (Å²) in [7, 11) is -4.44. The summed E-state index contributed by atoms with van der Waals surface area (Å²) in [5, 5.41) is 0. The molecule has 5 heterocycles. The fraction of sp³-hybridized carbons (Fsp3) is 0.293. The van der Waals surface area contributed by atoms with Crippen molar-refractivity contribution in [1.29, 1.82) is 0 Å². The molecule has 6 aromatic rings. The number of benzene rings is 4. The number of rotatable bonds is 11. The fourth-order valence-electron chi connectivity index (χ4n) is 8.06. The normalized spacial score (nSPS) is 22.4. The zero-order valence-corrected chi connectivity index (χ0v) is 30.7. The summed E-state index contributed by atoms with van der Waals surface area (Å²) >= 11 is 0. The average molecular weight is 745 g/mol. The standard InChI is InChI=1S/C41H40N6O6S/c1-40(2)52-36-34(25-50-54(48,49)45-41(30-16-6-3-7-17-30,31-18-8-4-9-19-31)32-20-10-5-11-21-32)51-39(37(36)53-40)47-27-44-35-33(42-26-43-38(35)47)24-46-22-28-14-12-13-15-29(28)23-46/h3-21,26-27,34,36-37,39,45H,22-25H2,1-2H3/t34-,36-,37-,39-/m1/s1. The molecule has 0 aliphatic carbocycles. The van der Waals surface area contributed by atoms with Crippen molar-refractivity contribution in [3.05, 3.63) is 161 Å². The lowest BCUT2D eigenvalue weighted by Crippen LogP contribution is -2.49. The topological polar surface area (TPSA) is 130 Å². The number of hydrogen-bond donors (Lipinski definition) is 1. The molecule has 9 rings (SSSR count). The van der Waals surface area contributed by atoms with Crippen LogP contribution in [0.25, 0.3) is 11.2 Å². The Morgan fingerprint density at radius 1 is 0.778 bits per heavy atom. The van der Waals surface area contributed by atoms with Gasteiger partial charge >= 0.3 is 10.3 Å². The monoisotopic (exact) mass is 744 g/mol. The SMILES string of the molecule is CC1(C)O[C@@H]2[C@H](O1)[C@@H](COS(=O)(=O)NC(c1ccccc1)(c1ccccc1)c1ccccc1)O[C@H]2n1cnc2c(CN3Cc4ccccc4C3)ncnc21. The molecule has 2 aromatic heterocycles. The van der Waals surface area contributed by atoms with Crippen LogP contribution in [0.1, 0.15) is 53.6 Å². The number of hydrogen-bond acceptors (Lipinski definition) is 10. The van der Waals surface area contributed by atoms with Crippen molar-refractivity contribution in [3.8, 4) is 0 Å². The molecule has 0 unspecified atom stereocenters. The highest BCUT2D eigenvalue weighted by molar-refractivity contribution is 7.84. The van der Waals surface area contributed by atoms with Crippen LogP contribution in [0.3, 0.4) is 0 Å². The summed E-state index contributed by atoms with van der Waals surface area (Å²) in [5.74, 6) is -0.947. The van der Waals surface area contributed by atoms with E-state index >= 15 is 0 Å². The quantitative estimate of drug-likeness (QED) is 0.167. The van der Waals surface area contributed by atoms with Crippen LogP contribution >= 0.6 is 0 Å². The van der Waals surface area contributed by atoms with Gasteiger partial charge in [0.15, 0.2) is 17.7 Å². The van der Waals surface area contributed by atoms with Crippen LogP contribution in [0, 0.1) is 0 Å². The molecule has 3 aliphatic heterocycles. The largest absolute Gasteiger partial charge is 0.347 e. The second kappa shape index (κ2) is 13.8. The van der Waals surface area contributed by atoms with Gasteiger partial charge in [0.2, 0.25) is 0 Å². The van der Waals surface area contributed by atoms with Crippen molar-refractivity contribution in [1.82, 2.24) is 29.1 Å². The molecular weight excluding hydrogens is 705 g/mol. The molecule has 0 bridgehead atoms. The highest BCUT2D eigenvalue weighted by Crippen LogP contribution is 2.44. The van der Waals surface area contributed by atoms with Crippen LogP contribution in [-0.4, -0.2) is 63.5 Å². The Labute approximate surface area is 314 Å². The van der Waals surface area contributed by atoms with E-state index in [2.05, 4.69) is 43.9 Å². The predicted octanol–water partition coefficient (Wildman–Crippen LogP) is 5.60. The molecule has 4 atom stereocenters. The van der Waals surface area contributed by atoms with Crippen LogP contribution in [0.2, 0.25) is 0 Å². The Morgan fingerprint density at radius 3 is 1.93 bits per heavy atom. The maximum atomic E-state index is 14.2. The second-order valence-corrected chi connectivity index (χ2v) is 15.7. The zero-order valence-electron chi connectivity index (χ0n) is 29.9. The van der Waals surface area contributed by atoms with Gasteiger partial charge in [-0.05, 0) is 41.7 Å². The summed E-state index contributed by atoms with van der Waals surface area (Å²) in [6.45, 7) is 5.59. The van der Waals surface area contributed by atoms with E-state index in [1.54, 1.807) is 12.7 Å². The van der Waals surface area contributed by atoms with Gasteiger partial charge in [-0.15, -0.1) is 0 Å². The first kappa shape index (κ1) is 34.9. The first-order valence-electron chi connectivity index (χ1n) is 18.0. The van der Waals surface area contributed by atoms with Gasteiger partial charge in [-0.2, -0.15) is 13.1 Å². The first-order valence-corrected chi connectivity index (χ1v) is 19.4. The lowest BCUT2D eigenvalue weighted by Gasteiger charge is -2.36. The van der Waals surface area contributed by atoms with Crippen molar-refractivity contribution >= 4 is 21.5 Å². The van der Waals surface area contributed by atoms with Crippen LogP contribution in [0.5, 0.6) is 0 Å². The number of aromatic nitrogens is 4. The van der Waals surface area contributed by atoms with Crippen LogP contribution < -0.4 is 4.72 Å². The zero-order chi connectivity index (χ0) is 36.9. The maximum absolute atomic E-state index is 14.2. The van der Waals surface area contributed by atoms with Crippen LogP contribution in [0.4, 0.5) is 0 Å². The summed E-state index contributed by atoms with van der Waals surface area (Å²) < 4.78 is 58.2. The van der Waals surface area contributed by atoms with E-state index in [9.17, 15) is 8.42 Å². The lowest BCUT2D eigenvalue weighted by molar-refractivity contribution is -0.198. The third-order valence-electron chi connectivity index (χ3n) is 10.4. The highest BCUT2D eigenvalue weighted by Gasteiger charge is 2.56. The first-order chi connectivity index (χ1) is 26.2. The number of nitrogens with one attached hydrogen (secondary N) is 1. The minimum atomic E-state index is -4.44. The maximum Gasteiger partial charge on any atom is 0.337 e. The molecular formula is C41H40N6O6S. The molecule has 13 heteroatoms. The van der Waals surface area contributed by atoms with E-state index < -0.39 is 46.2 Å². The third-order valence-corrected chi connectivity index (χ3v) is 11.4. The van der Waals surface area contributed by atoms with E-state index in [1.807, 2.05) is 109 Å². The number of ether oxygens (including phenoxy) is 3. The van der Waals surface area contributed by atoms with Gasteiger partial charge in [-0.25, -0.2) is 15.0 Å². The van der Waals surface area contributed by atoms with Gasteiger partial charge in [-0.1, -0.05) is 115 Å². The molecule has 54 heavy (non-hydrogen) atoms. The third kappa shape index (κ3) is 6.41. The van der Waals surface area contributed by atoms with E-state index in [0.717, 1.165) is 35.5 Å². The molecule has 4 aromatic carbocycles. The molecule has 2 saturated heterocycles. The van der Waals surface area contributed by atoms with Crippen molar-refractivity contribution in [3.63, 3.8) is 0 Å². The van der Waals surface area contributed by atoms with Crippen molar-refractivity contribution in [2.24, 2.45) is 0 Å². The van der Waals surface area contributed by atoms with E-state index in [1.165, 1.54) is 11.1 Å². The summed E-state index contributed by atoms with van der Waals surface area (Å²) in [4.78, 5) is 16.3. The molecule has 1 N–H and O–H groups in total. The Balaban J connectivity index is 0.987. The van der Waals surface area contributed by atoms with E-state index in [4.69, 9.17) is 23.4 Å². The Hall–Kier alpha value is -4.86. The van der Waals surface area contributed by atoms with E-state index in [-0.39, 0.29) is 6.61 Å². The molecule has 0 saturated carbocycles. The van der Waals surface area contributed by atoms with Gasteiger partial charge in [0.25, 0.3) is 0 Å². The minimum absolute atomic E-state index is 0.330. The van der Waals surface area contributed by atoms with E-state index in [0.29, 0.717) is 17.7 Å². The Morgan fingerprint density at radius 2 is 1.33 bits per heavy atom. The molecule has 0 spiro atoms. The number of imidazole rings is 1. The van der Waals surface area contributed by atoms with Crippen molar-refractivity contribution in [2.45, 2.75) is 69.3 Å². The minimum Gasteiger partial charge on any atom is -0.347 e. The van der Waals surface area contributed by atoms with Crippen LogP contribution in [0.15, 0.2) is 128 Å². The Bertz CT molecular complexity index is 2260. The van der Waals surface area contributed by atoms with Gasteiger partial charge in [-0.3, -0.25) is 13.7 Å². The van der Waals surface area contributed by atoms with Crippen molar-refractivity contribution in [2.75, 3.05) is 6.61 Å². The second-order valence-electron chi connectivity index (χ2n) is 14.4. The number of fused-ring (bicyclic) bond motifs is 3. The van der Waals surface area contributed by atoms with Gasteiger partial charge in [0, 0.05) is 19.6 Å². The summed E-state index contributed by atoms with van der Waals surface area (Å²) in [6, 6.07) is 36.9. The van der Waals surface area contributed by atoms with Gasteiger partial charge in [0.05, 0.1) is 18.6 Å². The Kier molecular flexibility index (Phi) is 8.89. The van der Waals surface area contributed by atoms with Gasteiger partial charge < -0.3 is 14.2 Å². The highest BCUT2D eigenvalue weighted by atomic mass is 32.2. The number of nitrogens with zero attached hydrogens (tertiary/aromatic N) is 5. The van der Waals surface area contributed by atoms with Crippen LogP contribution in [-0.2, 0) is 53.9 Å². The predicted molar refractivity (Wildman–Crippen MR) is 200 cm³/mol.